The third-order valence-electron chi connectivity index (χ3n) is 2.94. The van der Waals surface area contributed by atoms with Gasteiger partial charge in [0.2, 0.25) is 5.91 Å². The molecule has 4 heteroatoms. The fourth-order valence-corrected chi connectivity index (χ4v) is 2.79. The second-order valence-corrected chi connectivity index (χ2v) is 5.71. The van der Waals surface area contributed by atoms with Gasteiger partial charge in [0.15, 0.2) is 0 Å². The molecule has 3 rings (SSSR count). The molecule has 0 aromatic heterocycles. The van der Waals surface area contributed by atoms with Crippen LogP contribution in [0.3, 0.4) is 0 Å². The molecule has 0 bridgehead atoms. The van der Waals surface area contributed by atoms with Gasteiger partial charge in [-0.1, -0.05) is 6.07 Å². The summed E-state index contributed by atoms with van der Waals surface area (Å²) < 4.78 is 5.59. The van der Waals surface area contributed by atoms with Crippen LogP contribution in [0.15, 0.2) is 23.1 Å². The molecular weight excluding hydrogens is 222 g/mol. The van der Waals surface area contributed by atoms with E-state index in [9.17, 15) is 4.79 Å². The van der Waals surface area contributed by atoms with Crippen LogP contribution in [0, 0.1) is 0 Å². The Labute approximate surface area is 98.6 Å². The summed E-state index contributed by atoms with van der Waals surface area (Å²) in [7, 11) is 0. The predicted octanol–water partition coefficient (Wildman–Crippen LogP) is 2.58. The molecule has 2 heterocycles. The summed E-state index contributed by atoms with van der Waals surface area (Å²) >= 11 is 1.58. The number of anilines is 1. The standard InChI is InChI=1S/C12H13NO2S/c1-12(2)11(15-12)7-3-4-9-8(5-7)13-10(14)6-16-9/h3-5,11H,6H2,1-2H3,(H,13,14). The van der Waals surface area contributed by atoms with E-state index in [1.165, 1.54) is 0 Å². The summed E-state index contributed by atoms with van der Waals surface area (Å²) in [4.78, 5) is 12.4. The summed E-state index contributed by atoms with van der Waals surface area (Å²) in [5.41, 5.74) is 2.01. The Balaban J connectivity index is 1.93. The number of amides is 1. The maximum absolute atomic E-state index is 11.3. The lowest BCUT2D eigenvalue weighted by Crippen LogP contribution is -2.18. The van der Waals surface area contributed by atoms with Crippen molar-refractivity contribution in [3.05, 3.63) is 23.8 Å². The third kappa shape index (κ3) is 1.62. The molecule has 1 amide bonds. The first-order chi connectivity index (χ1) is 7.56. The molecule has 1 N–H and O–H groups in total. The van der Waals surface area contributed by atoms with Crippen molar-refractivity contribution in [3.63, 3.8) is 0 Å². The first kappa shape index (κ1) is 10.2. The summed E-state index contributed by atoms with van der Waals surface area (Å²) in [5.74, 6) is 0.586. The largest absolute Gasteiger partial charge is 0.362 e. The highest BCUT2D eigenvalue weighted by atomic mass is 32.2. The molecule has 1 saturated heterocycles. The number of rotatable bonds is 1. The SMILES string of the molecule is CC1(C)OC1c1ccc2c(c1)NC(=O)CS2. The van der Waals surface area contributed by atoms with E-state index in [0.29, 0.717) is 5.75 Å². The first-order valence-corrected chi connectivity index (χ1v) is 6.29. The summed E-state index contributed by atoms with van der Waals surface area (Å²) in [6.45, 7) is 4.15. The van der Waals surface area contributed by atoms with Crippen molar-refractivity contribution < 1.29 is 9.53 Å². The number of nitrogens with one attached hydrogen (secondary N) is 1. The molecule has 1 fully saturated rings. The van der Waals surface area contributed by atoms with Crippen molar-refractivity contribution in [1.29, 1.82) is 0 Å². The first-order valence-electron chi connectivity index (χ1n) is 5.31. The Hall–Kier alpha value is -1.000. The number of carbonyl (C=O) groups excluding carboxylic acids is 1. The van der Waals surface area contributed by atoms with E-state index in [0.717, 1.165) is 16.1 Å². The molecule has 84 valence electrons. The second-order valence-electron chi connectivity index (χ2n) is 4.69. The van der Waals surface area contributed by atoms with Crippen LogP contribution in [0.1, 0.15) is 25.5 Å². The normalized spacial score (nSPS) is 25.9. The zero-order valence-electron chi connectivity index (χ0n) is 9.24. The number of ether oxygens (including phenoxy) is 1. The fraction of sp³-hybridized carbons (Fsp3) is 0.417. The van der Waals surface area contributed by atoms with Gasteiger partial charge in [0.1, 0.15) is 6.10 Å². The maximum Gasteiger partial charge on any atom is 0.234 e. The lowest BCUT2D eigenvalue weighted by atomic mass is 10.0. The molecule has 0 spiro atoms. The van der Waals surface area contributed by atoms with Gasteiger partial charge >= 0.3 is 0 Å². The molecule has 2 aliphatic heterocycles. The van der Waals surface area contributed by atoms with Crippen LogP contribution < -0.4 is 5.32 Å². The Morgan fingerprint density at radius 3 is 2.94 bits per heavy atom. The molecule has 1 unspecified atom stereocenters. The number of hydrogen-bond acceptors (Lipinski definition) is 3. The lowest BCUT2D eigenvalue weighted by Gasteiger charge is -2.16. The van der Waals surface area contributed by atoms with Gasteiger partial charge in [-0.3, -0.25) is 4.79 Å². The van der Waals surface area contributed by atoms with Crippen LogP contribution >= 0.6 is 11.8 Å². The molecule has 0 radical (unpaired) electrons. The molecule has 2 aliphatic rings. The second kappa shape index (κ2) is 3.25. The molecule has 0 aliphatic carbocycles. The van der Waals surface area contributed by atoms with Gasteiger partial charge in [-0.2, -0.15) is 0 Å². The third-order valence-corrected chi connectivity index (χ3v) is 4.01. The maximum atomic E-state index is 11.3. The van der Waals surface area contributed by atoms with Crippen molar-refractivity contribution in [1.82, 2.24) is 0 Å². The summed E-state index contributed by atoms with van der Waals surface area (Å²) in [6.07, 6.45) is 0.168. The number of fused-ring (bicyclic) bond motifs is 1. The van der Waals surface area contributed by atoms with E-state index < -0.39 is 0 Å². The minimum atomic E-state index is -0.0555. The highest BCUT2D eigenvalue weighted by Crippen LogP contribution is 2.50. The van der Waals surface area contributed by atoms with E-state index in [2.05, 4.69) is 31.3 Å². The summed E-state index contributed by atoms with van der Waals surface area (Å²) in [5, 5.41) is 2.89. The fourth-order valence-electron chi connectivity index (χ4n) is 2.00. The van der Waals surface area contributed by atoms with Crippen molar-refractivity contribution in [2.45, 2.75) is 30.4 Å². The highest BCUT2D eigenvalue weighted by molar-refractivity contribution is 8.00. The van der Waals surface area contributed by atoms with E-state index in [1.54, 1.807) is 11.8 Å². The zero-order valence-corrected chi connectivity index (χ0v) is 10.1. The number of thioether (sulfide) groups is 1. The number of carbonyl (C=O) groups is 1. The minimum absolute atomic E-state index is 0.0555. The Kier molecular flexibility index (Phi) is 2.06. The van der Waals surface area contributed by atoms with Crippen LogP contribution in [0.5, 0.6) is 0 Å². The lowest BCUT2D eigenvalue weighted by molar-refractivity contribution is -0.113. The molecule has 0 saturated carbocycles. The Morgan fingerprint density at radius 2 is 2.25 bits per heavy atom. The molecular formula is C12H13NO2S. The molecule has 1 aromatic carbocycles. The average Bonchev–Trinajstić information content (AvgIpc) is 2.87. The molecule has 1 atom stereocenters. The van der Waals surface area contributed by atoms with Crippen LogP contribution in [0.4, 0.5) is 5.69 Å². The van der Waals surface area contributed by atoms with Crippen LogP contribution in [-0.2, 0) is 9.53 Å². The van der Waals surface area contributed by atoms with Gasteiger partial charge in [-0.25, -0.2) is 0 Å². The van der Waals surface area contributed by atoms with Crippen LogP contribution in [0.2, 0.25) is 0 Å². The van der Waals surface area contributed by atoms with Gasteiger partial charge < -0.3 is 10.1 Å². The van der Waals surface area contributed by atoms with Crippen molar-refractivity contribution >= 4 is 23.4 Å². The van der Waals surface area contributed by atoms with Gasteiger partial charge in [0.05, 0.1) is 17.0 Å². The Bertz CT molecular complexity index is 470. The number of hydrogen-bond donors (Lipinski definition) is 1. The van der Waals surface area contributed by atoms with E-state index in [-0.39, 0.29) is 17.6 Å². The van der Waals surface area contributed by atoms with Crippen LogP contribution in [0.25, 0.3) is 0 Å². The highest BCUT2D eigenvalue weighted by Gasteiger charge is 2.48. The topological polar surface area (TPSA) is 41.6 Å². The van der Waals surface area contributed by atoms with Gasteiger partial charge in [-0.15, -0.1) is 11.8 Å². The van der Waals surface area contributed by atoms with Crippen molar-refractivity contribution in [2.75, 3.05) is 11.1 Å². The van der Waals surface area contributed by atoms with Gasteiger partial charge in [0.25, 0.3) is 0 Å². The molecule has 1 aromatic rings. The minimum Gasteiger partial charge on any atom is -0.362 e. The van der Waals surface area contributed by atoms with Gasteiger partial charge in [0, 0.05) is 4.90 Å². The van der Waals surface area contributed by atoms with E-state index >= 15 is 0 Å². The number of benzene rings is 1. The van der Waals surface area contributed by atoms with E-state index in [1.807, 2.05) is 6.07 Å². The molecule has 16 heavy (non-hydrogen) atoms. The molecule has 3 nitrogen and oxygen atoms in total. The van der Waals surface area contributed by atoms with Crippen molar-refractivity contribution in [3.8, 4) is 0 Å². The van der Waals surface area contributed by atoms with Crippen LogP contribution in [-0.4, -0.2) is 17.3 Å². The average molecular weight is 235 g/mol. The van der Waals surface area contributed by atoms with Gasteiger partial charge in [-0.05, 0) is 31.5 Å². The number of epoxide rings is 1. The monoisotopic (exact) mass is 235 g/mol. The van der Waals surface area contributed by atoms with E-state index in [4.69, 9.17) is 4.74 Å². The zero-order chi connectivity index (χ0) is 11.3. The predicted molar refractivity (Wildman–Crippen MR) is 63.7 cm³/mol. The Morgan fingerprint density at radius 1 is 1.50 bits per heavy atom. The smallest absolute Gasteiger partial charge is 0.234 e. The quantitative estimate of drug-likeness (QED) is 0.761. The van der Waals surface area contributed by atoms with Crippen molar-refractivity contribution in [2.24, 2.45) is 0 Å². The summed E-state index contributed by atoms with van der Waals surface area (Å²) in [6, 6.07) is 6.17.